The molecule has 6 heteroatoms. The van der Waals surface area contributed by atoms with E-state index in [0.717, 1.165) is 5.69 Å². The number of amides is 2. The average Bonchev–Trinajstić information content (AvgIpc) is 2.37. The van der Waals surface area contributed by atoms with E-state index in [1.165, 1.54) is 0 Å². The summed E-state index contributed by atoms with van der Waals surface area (Å²) in [6, 6.07) is 7.01. The van der Waals surface area contributed by atoms with Crippen molar-refractivity contribution in [3.8, 4) is 0 Å². The Morgan fingerprint density at radius 2 is 1.78 bits per heavy atom. The monoisotopic (exact) mass is 249 g/mol. The zero-order valence-corrected chi connectivity index (χ0v) is 9.80. The summed E-state index contributed by atoms with van der Waals surface area (Å²) in [7, 11) is 0. The fourth-order valence-electron chi connectivity index (χ4n) is 1.86. The molecule has 0 aromatic heterocycles. The van der Waals surface area contributed by atoms with Crippen molar-refractivity contribution in [1.29, 1.82) is 0 Å². The first-order valence-electron chi connectivity index (χ1n) is 5.66. The van der Waals surface area contributed by atoms with Crippen LogP contribution >= 0.6 is 0 Å². The molecule has 1 heterocycles. The number of imide groups is 1. The van der Waals surface area contributed by atoms with Crippen LogP contribution in [0.5, 0.6) is 0 Å². The standard InChI is InChI=1S/C12H15N3O3/c13-5-10(16)8-1-3-9(4-2-8)15-6-11(17)14-12(18)7-15/h1-4,10,16H,5-7,13H2,(H,14,17,18). The molecule has 1 aromatic carbocycles. The Bertz CT molecular complexity index is 442. The summed E-state index contributed by atoms with van der Waals surface area (Å²) in [5.74, 6) is -0.616. The van der Waals surface area contributed by atoms with Gasteiger partial charge >= 0.3 is 0 Å². The van der Waals surface area contributed by atoms with Gasteiger partial charge in [-0.25, -0.2) is 0 Å². The lowest BCUT2D eigenvalue weighted by Crippen LogP contribution is -2.51. The smallest absolute Gasteiger partial charge is 0.246 e. The van der Waals surface area contributed by atoms with Crippen LogP contribution in [0.1, 0.15) is 11.7 Å². The number of hydrogen-bond donors (Lipinski definition) is 3. The lowest BCUT2D eigenvalue weighted by Gasteiger charge is -2.27. The van der Waals surface area contributed by atoms with Crippen LogP contribution in [-0.2, 0) is 9.59 Å². The van der Waals surface area contributed by atoms with Crippen molar-refractivity contribution >= 4 is 17.5 Å². The van der Waals surface area contributed by atoms with Crippen molar-refractivity contribution in [3.63, 3.8) is 0 Å². The number of aliphatic hydroxyl groups is 1. The minimum absolute atomic E-state index is 0.157. The lowest BCUT2D eigenvalue weighted by atomic mass is 10.1. The highest BCUT2D eigenvalue weighted by molar-refractivity contribution is 6.02. The Hall–Kier alpha value is -1.92. The van der Waals surface area contributed by atoms with Crippen molar-refractivity contribution in [1.82, 2.24) is 5.32 Å². The second kappa shape index (κ2) is 5.16. The second-order valence-corrected chi connectivity index (χ2v) is 4.17. The van der Waals surface area contributed by atoms with Gasteiger partial charge in [0.2, 0.25) is 11.8 Å². The summed E-state index contributed by atoms with van der Waals surface area (Å²) >= 11 is 0. The van der Waals surface area contributed by atoms with Crippen LogP contribution in [0.2, 0.25) is 0 Å². The largest absolute Gasteiger partial charge is 0.387 e. The number of piperazine rings is 1. The first kappa shape index (κ1) is 12.5. The first-order chi connectivity index (χ1) is 8.60. The highest BCUT2D eigenvalue weighted by Crippen LogP contribution is 2.19. The van der Waals surface area contributed by atoms with Gasteiger partial charge in [0, 0.05) is 12.2 Å². The molecule has 18 heavy (non-hydrogen) atoms. The molecular weight excluding hydrogens is 234 g/mol. The van der Waals surface area contributed by atoms with Gasteiger partial charge in [0.25, 0.3) is 0 Å². The SMILES string of the molecule is NCC(O)c1ccc(N2CC(=O)NC(=O)C2)cc1. The van der Waals surface area contributed by atoms with E-state index in [-0.39, 0.29) is 31.4 Å². The minimum Gasteiger partial charge on any atom is -0.387 e. The number of rotatable bonds is 3. The Morgan fingerprint density at radius 1 is 1.22 bits per heavy atom. The number of carbonyl (C=O) groups excluding carboxylic acids is 2. The number of benzene rings is 1. The van der Waals surface area contributed by atoms with E-state index < -0.39 is 6.10 Å². The van der Waals surface area contributed by atoms with E-state index in [9.17, 15) is 14.7 Å². The highest BCUT2D eigenvalue weighted by atomic mass is 16.3. The molecule has 1 atom stereocenters. The summed E-state index contributed by atoms with van der Waals surface area (Å²) in [5, 5.41) is 11.8. The van der Waals surface area contributed by atoms with Crippen molar-refractivity contribution in [3.05, 3.63) is 29.8 Å². The molecule has 1 fully saturated rings. The van der Waals surface area contributed by atoms with Gasteiger partial charge in [-0.05, 0) is 17.7 Å². The molecule has 1 aliphatic rings. The maximum atomic E-state index is 11.2. The number of nitrogens with two attached hydrogens (primary N) is 1. The minimum atomic E-state index is -0.690. The van der Waals surface area contributed by atoms with Crippen LogP contribution in [0.3, 0.4) is 0 Å². The van der Waals surface area contributed by atoms with Crippen LogP contribution in [0.25, 0.3) is 0 Å². The predicted octanol–water partition coefficient (Wildman–Crippen LogP) is -0.859. The van der Waals surface area contributed by atoms with Crippen LogP contribution in [0.4, 0.5) is 5.69 Å². The summed E-state index contributed by atoms with van der Waals surface area (Å²) in [6.45, 7) is 0.471. The summed E-state index contributed by atoms with van der Waals surface area (Å²) in [4.78, 5) is 24.2. The van der Waals surface area contributed by atoms with Gasteiger partial charge < -0.3 is 15.7 Å². The maximum Gasteiger partial charge on any atom is 0.246 e. The van der Waals surface area contributed by atoms with Crippen LogP contribution in [0, 0.1) is 0 Å². The van der Waals surface area contributed by atoms with Gasteiger partial charge in [-0.15, -0.1) is 0 Å². The number of carbonyl (C=O) groups is 2. The van der Waals surface area contributed by atoms with Crippen molar-refractivity contribution in [2.45, 2.75) is 6.10 Å². The predicted molar refractivity (Wildman–Crippen MR) is 65.8 cm³/mol. The lowest BCUT2D eigenvalue weighted by molar-refractivity contribution is -0.130. The molecule has 0 radical (unpaired) electrons. The maximum absolute atomic E-state index is 11.2. The molecule has 96 valence electrons. The average molecular weight is 249 g/mol. The molecule has 0 saturated carbocycles. The van der Waals surface area contributed by atoms with Gasteiger partial charge in [0.15, 0.2) is 0 Å². The quantitative estimate of drug-likeness (QED) is 0.606. The number of aliphatic hydroxyl groups excluding tert-OH is 1. The third-order valence-electron chi connectivity index (χ3n) is 2.81. The summed E-state index contributed by atoms with van der Waals surface area (Å²) in [6.07, 6.45) is -0.690. The molecule has 2 amide bonds. The first-order valence-corrected chi connectivity index (χ1v) is 5.66. The van der Waals surface area contributed by atoms with Gasteiger partial charge in [-0.2, -0.15) is 0 Å². The van der Waals surface area contributed by atoms with Crippen molar-refractivity contribution in [2.75, 3.05) is 24.5 Å². The molecule has 1 aromatic rings. The second-order valence-electron chi connectivity index (χ2n) is 4.17. The molecule has 0 bridgehead atoms. The number of nitrogens with zero attached hydrogens (tertiary/aromatic N) is 1. The number of nitrogens with one attached hydrogen (secondary N) is 1. The Morgan fingerprint density at radius 3 is 2.28 bits per heavy atom. The molecule has 0 aliphatic carbocycles. The molecule has 6 nitrogen and oxygen atoms in total. The third-order valence-corrected chi connectivity index (χ3v) is 2.81. The van der Waals surface area contributed by atoms with Gasteiger partial charge in [0.1, 0.15) is 0 Å². The van der Waals surface area contributed by atoms with Gasteiger partial charge in [-0.3, -0.25) is 14.9 Å². The Labute approximate surface area is 104 Å². The molecule has 1 saturated heterocycles. The van der Waals surface area contributed by atoms with Gasteiger partial charge in [-0.1, -0.05) is 12.1 Å². The van der Waals surface area contributed by atoms with E-state index in [1.54, 1.807) is 29.2 Å². The van der Waals surface area contributed by atoms with Crippen LogP contribution in [-0.4, -0.2) is 36.6 Å². The zero-order valence-electron chi connectivity index (χ0n) is 9.80. The Balaban J connectivity index is 2.14. The fraction of sp³-hybridized carbons (Fsp3) is 0.333. The van der Waals surface area contributed by atoms with Crippen LogP contribution in [0.15, 0.2) is 24.3 Å². The molecule has 1 aliphatic heterocycles. The van der Waals surface area contributed by atoms with Crippen molar-refractivity contribution in [2.24, 2.45) is 5.73 Å². The third kappa shape index (κ3) is 2.66. The summed E-state index contributed by atoms with van der Waals surface area (Å²) < 4.78 is 0. The Kier molecular flexibility index (Phi) is 3.59. The van der Waals surface area contributed by atoms with E-state index in [0.29, 0.717) is 5.56 Å². The molecular formula is C12H15N3O3. The van der Waals surface area contributed by atoms with Crippen LogP contribution < -0.4 is 16.0 Å². The van der Waals surface area contributed by atoms with Gasteiger partial charge in [0.05, 0.1) is 19.2 Å². The zero-order chi connectivity index (χ0) is 13.1. The highest BCUT2D eigenvalue weighted by Gasteiger charge is 2.22. The molecule has 2 rings (SSSR count). The van der Waals surface area contributed by atoms with E-state index in [2.05, 4.69) is 5.32 Å². The van der Waals surface area contributed by atoms with E-state index in [4.69, 9.17) is 5.73 Å². The van der Waals surface area contributed by atoms with E-state index in [1.807, 2.05) is 0 Å². The topological polar surface area (TPSA) is 95.7 Å². The summed E-state index contributed by atoms with van der Waals surface area (Å²) in [5.41, 5.74) is 6.85. The number of hydrogen-bond acceptors (Lipinski definition) is 5. The molecule has 0 spiro atoms. The number of anilines is 1. The van der Waals surface area contributed by atoms with Crippen molar-refractivity contribution < 1.29 is 14.7 Å². The molecule has 4 N–H and O–H groups in total. The normalized spacial score (nSPS) is 17.6. The van der Waals surface area contributed by atoms with E-state index >= 15 is 0 Å². The molecule has 1 unspecified atom stereocenters. The fourth-order valence-corrected chi connectivity index (χ4v) is 1.86.